The second-order valence-corrected chi connectivity index (χ2v) is 14.9. The number of allylic oxidation sites excluding steroid dienone is 2. The minimum absolute atomic E-state index is 0.0500. The predicted octanol–water partition coefficient (Wildman–Crippen LogP) is 10.4. The molecule has 2 unspecified atom stereocenters. The van der Waals surface area contributed by atoms with Crippen LogP contribution in [0.1, 0.15) is 181 Å². The molecule has 0 aromatic rings. The molecule has 0 spiro atoms. The van der Waals surface area contributed by atoms with Crippen molar-refractivity contribution in [2.75, 3.05) is 41.0 Å². The number of ether oxygens (including phenoxy) is 3. The lowest BCUT2D eigenvalue weighted by molar-refractivity contribution is -0.887. The van der Waals surface area contributed by atoms with E-state index in [4.69, 9.17) is 14.2 Å². The third-order valence-electron chi connectivity index (χ3n) is 9.16. The number of carbonyl (C=O) groups excluding carboxylic acids is 2. The first-order valence-corrected chi connectivity index (χ1v) is 20.2. The zero-order valence-electron chi connectivity index (χ0n) is 32.7. The number of carboxylic acid groups (broad SMARTS) is 1. The molecule has 0 heterocycles. The molecule has 0 saturated carbocycles. The fraction of sp³-hybridized carbons (Fsp3) is 0.878. The van der Waals surface area contributed by atoms with Gasteiger partial charge in [-0.25, -0.2) is 4.79 Å². The lowest BCUT2D eigenvalue weighted by Gasteiger charge is -2.31. The van der Waals surface area contributed by atoms with Gasteiger partial charge in [0.25, 0.3) is 0 Å². The lowest BCUT2D eigenvalue weighted by atomic mass is 10.1. The van der Waals surface area contributed by atoms with E-state index in [0.717, 1.165) is 44.9 Å². The van der Waals surface area contributed by atoms with Crippen molar-refractivity contribution in [3.05, 3.63) is 12.2 Å². The summed E-state index contributed by atoms with van der Waals surface area (Å²) in [6.45, 7) is 4.62. The van der Waals surface area contributed by atoms with Gasteiger partial charge in [0.1, 0.15) is 6.61 Å². The van der Waals surface area contributed by atoms with Gasteiger partial charge in [0.2, 0.25) is 0 Å². The second-order valence-electron chi connectivity index (χ2n) is 14.9. The van der Waals surface area contributed by atoms with Crippen LogP contribution in [0.5, 0.6) is 0 Å². The molecular weight excluding hydrogens is 618 g/mol. The van der Waals surface area contributed by atoms with Crippen LogP contribution in [0.15, 0.2) is 12.2 Å². The molecule has 0 bridgehead atoms. The number of carboxylic acids is 1. The minimum atomic E-state index is -0.876. The van der Waals surface area contributed by atoms with Crippen molar-refractivity contribution in [3.8, 4) is 0 Å². The maximum atomic E-state index is 12.6. The van der Waals surface area contributed by atoms with Crippen molar-refractivity contribution in [2.24, 2.45) is 0 Å². The third kappa shape index (κ3) is 31.8. The number of nitrogens with zero attached hydrogens (tertiary/aromatic N) is 1. The van der Waals surface area contributed by atoms with E-state index >= 15 is 0 Å². The molecule has 288 valence electrons. The Morgan fingerprint density at radius 1 is 0.592 bits per heavy atom. The molecule has 0 aliphatic carbocycles. The van der Waals surface area contributed by atoms with Gasteiger partial charge in [0.15, 0.2) is 12.1 Å². The van der Waals surface area contributed by atoms with Crippen LogP contribution >= 0.6 is 0 Å². The van der Waals surface area contributed by atoms with Gasteiger partial charge in [-0.3, -0.25) is 9.59 Å². The molecule has 0 aliphatic rings. The SMILES string of the molecule is CCCCCCCCCC/C=C\CCCCCCCCCCCC(=O)OC(COCCC(C(=O)O)[N+](C)(C)C)COC(=O)CCCCCC. The molecular formula is C41H78NO7+. The van der Waals surface area contributed by atoms with Crippen LogP contribution in [0.3, 0.4) is 0 Å². The van der Waals surface area contributed by atoms with Crippen LogP contribution in [-0.2, 0) is 28.6 Å². The van der Waals surface area contributed by atoms with Crippen molar-refractivity contribution in [1.82, 2.24) is 0 Å². The average molecular weight is 697 g/mol. The molecule has 49 heavy (non-hydrogen) atoms. The monoisotopic (exact) mass is 697 g/mol. The summed E-state index contributed by atoms with van der Waals surface area (Å²) in [7, 11) is 5.51. The van der Waals surface area contributed by atoms with E-state index in [1.165, 1.54) is 103 Å². The molecule has 2 atom stereocenters. The number of carbonyl (C=O) groups is 3. The minimum Gasteiger partial charge on any atom is -0.477 e. The highest BCUT2D eigenvalue weighted by atomic mass is 16.6. The molecule has 1 N–H and O–H groups in total. The smallest absolute Gasteiger partial charge is 0.362 e. The number of hydrogen-bond acceptors (Lipinski definition) is 6. The Balaban J connectivity index is 4.09. The Morgan fingerprint density at radius 2 is 1.02 bits per heavy atom. The van der Waals surface area contributed by atoms with Crippen molar-refractivity contribution in [2.45, 2.75) is 193 Å². The largest absolute Gasteiger partial charge is 0.477 e. The zero-order valence-corrected chi connectivity index (χ0v) is 32.7. The number of aliphatic carboxylic acids is 1. The van der Waals surface area contributed by atoms with E-state index in [1.807, 2.05) is 21.1 Å². The first kappa shape index (κ1) is 47.1. The van der Waals surface area contributed by atoms with Gasteiger partial charge >= 0.3 is 17.9 Å². The maximum Gasteiger partial charge on any atom is 0.362 e. The van der Waals surface area contributed by atoms with Crippen LogP contribution in [0.25, 0.3) is 0 Å². The molecule has 0 amide bonds. The number of hydrogen-bond donors (Lipinski definition) is 1. The molecule has 0 aromatic heterocycles. The first-order valence-electron chi connectivity index (χ1n) is 20.2. The predicted molar refractivity (Wildman–Crippen MR) is 202 cm³/mol. The molecule has 8 nitrogen and oxygen atoms in total. The third-order valence-corrected chi connectivity index (χ3v) is 9.16. The molecule has 8 heteroatoms. The molecule has 0 saturated heterocycles. The Hall–Kier alpha value is -1.93. The van der Waals surface area contributed by atoms with Gasteiger partial charge in [-0.15, -0.1) is 0 Å². The summed E-state index contributed by atoms with van der Waals surface area (Å²) in [5, 5.41) is 9.55. The van der Waals surface area contributed by atoms with E-state index in [9.17, 15) is 19.5 Å². The molecule has 0 fully saturated rings. The molecule has 0 aliphatic heterocycles. The highest BCUT2D eigenvalue weighted by molar-refractivity contribution is 5.72. The Kier molecular flexibility index (Phi) is 31.9. The van der Waals surface area contributed by atoms with E-state index in [1.54, 1.807) is 0 Å². The van der Waals surface area contributed by atoms with Crippen LogP contribution in [0.2, 0.25) is 0 Å². The van der Waals surface area contributed by atoms with Gasteiger partial charge in [-0.05, 0) is 38.5 Å². The van der Waals surface area contributed by atoms with E-state index in [-0.39, 0.29) is 36.2 Å². The topological polar surface area (TPSA) is 99.1 Å². The van der Waals surface area contributed by atoms with Crippen molar-refractivity contribution in [1.29, 1.82) is 0 Å². The highest BCUT2D eigenvalue weighted by Gasteiger charge is 2.31. The van der Waals surface area contributed by atoms with Crippen molar-refractivity contribution >= 4 is 17.9 Å². The normalized spacial score (nSPS) is 13.1. The number of quaternary nitrogens is 1. The maximum absolute atomic E-state index is 12.6. The summed E-state index contributed by atoms with van der Waals surface area (Å²) in [6, 6.07) is -0.608. The van der Waals surface area contributed by atoms with Crippen molar-refractivity contribution in [3.63, 3.8) is 0 Å². The summed E-state index contributed by atoms with van der Waals surface area (Å²) < 4.78 is 17.1. The second kappa shape index (κ2) is 33.2. The quantitative estimate of drug-likeness (QED) is 0.0301. The first-order chi connectivity index (χ1) is 23.6. The van der Waals surface area contributed by atoms with Gasteiger partial charge in [-0.1, -0.05) is 135 Å². The zero-order chi connectivity index (χ0) is 36.4. The summed E-state index contributed by atoms with van der Waals surface area (Å²) in [4.78, 5) is 36.4. The summed E-state index contributed by atoms with van der Waals surface area (Å²) in [5.41, 5.74) is 0. The van der Waals surface area contributed by atoms with E-state index in [2.05, 4.69) is 26.0 Å². The highest BCUT2D eigenvalue weighted by Crippen LogP contribution is 2.14. The van der Waals surface area contributed by atoms with Crippen LogP contribution in [0, 0.1) is 0 Å². The summed E-state index contributed by atoms with van der Waals surface area (Å²) >= 11 is 0. The fourth-order valence-electron chi connectivity index (χ4n) is 5.97. The van der Waals surface area contributed by atoms with E-state index in [0.29, 0.717) is 19.3 Å². The molecule has 0 aromatic carbocycles. The van der Waals surface area contributed by atoms with Crippen molar-refractivity contribution < 1.29 is 38.2 Å². The summed E-state index contributed by atoms with van der Waals surface area (Å²) in [5.74, 6) is -1.48. The van der Waals surface area contributed by atoms with Crippen LogP contribution in [0.4, 0.5) is 0 Å². The standard InChI is InChI=1S/C41H77NO7/c1-6-8-10-12-13-14-15-16-17-18-19-20-21-22-23-24-25-26-27-28-30-32-40(44)49-37(36-48-39(43)31-29-11-9-7-2)35-47-34-33-38(41(45)46)42(3,4)5/h18-19,37-38H,6-17,20-36H2,1-5H3/p+1/b19-18-. The Bertz CT molecular complexity index is 823. The summed E-state index contributed by atoms with van der Waals surface area (Å²) in [6.07, 6.45) is 33.1. The number of likely N-dealkylation sites (N-methyl/N-ethyl adjacent to an activating group) is 1. The molecule has 0 radical (unpaired) electrons. The van der Waals surface area contributed by atoms with Gasteiger partial charge in [0, 0.05) is 19.3 Å². The van der Waals surface area contributed by atoms with Crippen LogP contribution < -0.4 is 0 Å². The number of esters is 2. The fourth-order valence-corrected chi connectivity index (χ4v) is 5.97. The average Bonchev–Trinajstić information content (AvgIpc) is 3.05. The molecule has 0 rings (SSSR count). The Morgan fingerprint density at radius 3 is 1.49 bits per heavy atom. The van der Waals surface area contributed by atoms with Crippen LogP contribution in [-0.4, -0.2) is 80.6 Å². The van der Waals surface area contributed by atoms with E-state index < -0.39 is 18.1 Å². The Labute approximate surface area is 301 Å². The number of unbranched alkanes of at least 4 members (excludes halogenated alkanes) is 20. The van der Waals surface area contributed by atoms with Gasteiger partial charge in [0.05, 0.1) is 34.4 Å². The van der Waals surface area contributed by atoms with Gasteiger partial charge in [-0.2, -0.15) is 0 Å². The lowest BCUT2D eigenvalue weighted by Crippen LogP contribution is -2.50. The number of rotatable bonds is 36. The van der Waals surface area contributed by atoms with Gasteiger partial charge < -0.3 is 23.8 Å².